The standard InChI is InChI=1S/C18H21NO/c1-13-11-14(8-9-15-7-5-6-10-19-15)12-16(17(13)20)18(2,3)4/h5-12,20H,1-4H3/b9-8+. The Morgan fingerprint density at radius 2 is 1.85 bits per heavy atom. The Hall–Kier alpha value is -2.09. The summed E-state index contributed by atoms with van der Waals surface area (Å²) in [6, 6.07) is 9.87. The third-order valence-electron chi connectivity index (χ3n) is 3.27. The molecule has 0 atom stereocenters. The molecule has 1 aromatic carbocycles. The fourth-order valence-electron chi connectivity index (χ4n) is 2.13. The first-order valence-electron chi connectivity index (χ1n) is 6.81. The van der Waals surface area contributed by atoms with Crippen LogP contribution in [-0.2, 0) is 5.41 Å². The van der Waals surface area contributed by atoms with Crippen LogP contribution in [0.15, 0.2) is 36.5 Å². The van der Waals surface area contributed by atoms with Crippen LogP contribution in [0.4, 0.5) is 0 Å². The van der Waals surface area contributed by atoms with Crippen molar-refractivity contribution in [2.75, 3.05) is 0 Å². The molecule has 0 aliphatic rings. The minimum Gasteiger partial charge on any atom is -0.507 e. The Morgan fingerprint density at radius 3 is 2.45 bits per heavy atom. The molecule has 104 valence electrons. The highest BCUT2D eigenvalue weighted by Crippen LogP contribution is 2.34. The van der Waals surface area contributed by atoms with E-state index in [1.807, 2.05) is 49.4 Å². The highest BCUT2D eigenvalue weighted by Gasteiger charge is 2.19. The lowest BCUT2D eigenvalue weighted by molar-refractivity contribution is 0.443. The van der Waals surface area contributed by atoms with Gasteiger partial charge in [-0.2, -0.15) is 0 Å². The molecule has 2 rings (SSSR count). The summed E-state index contributed by atoms with van der Waals surface area (Å²) >= 11 is 0. The van der Waals surface area contributed by atoms with Crippen molar-refractivity contribution in [1.29, 1.82) is 0 Å². The van der Waals surface area contributed by atoms with Crippen LogP contribution >= 0.6 is 0 Å². The molecule has 0 spiro atoms. The third kappa shape index (κ3) is 3.27. The normalized spacial score (nSPS) is 12.0. The molecular formula is C18H21NO. The maximum absolute atomic E-state index is 10.2. The van der Waals surface area contributed by atoms with E-state index in [2.05, 4.69) is 25.8 Å². The highest BCUT2D eigenvalue weighted by molar-refractivity contribution is 5.69. The molecule has 0 radical (unpaired) electrons. The van der Waals surface area contributed by atoms with Gasteiger partial charge in [0.1, 0.15) is 5.75 Å². The molecule has 1 N–H and O–H groups in total. The van der Waals surface area contributed by atoms with Gasteiger partial charge in [-0.05, 0) is 53.8 Å². The minimum absolute atomic E-state index is 0.0797. The maximum Gasteiger partial charge on any atom is 0.122 e. The van der Waals surface area contributed by atoms with Crippen molar-refractivity contribution in [1.82, 2.24) is 4.98 Å². The van der Waals surface area contributed by atoms with Crippen LogP contribution in [-0.4, -0.2) is 10.1 Å². The molecule has 0 aliphatic carbocycles. The van der Waals surface area contributed by atoms with E-state index in [4.69, 9.17) is 0 Å². The molecule has 0 amide bonds. The Bertz CT molecular complexity index is 622. The SMILES string of the molecule is Cc1cc(/C=C/c2ccccn2)cc(C(C)(C)C)c1O. The Morgan fingerprint density at radius 1 is 1.10 bits per heavy atom. The lowest BCUT2D eigenvalue weighted by atomic mass is 9.84. The quantitative estimate of drug-likeness (QED) is 0.865. The predicted molar refractivity (Wildman–Crippen MR) is 84.7 cm³/mol. The zero-order valence-electron chi connectivity index (χ0n) is 12.5. The number of phenolic OH excluding ortho intramolecular Hbond substituents is 1. The van der Waals surface area contributed by atoms with Gasteiger partial charge in [-0.25, -0.2) is 0 Å². The average Bonchev–Trinajstić information content (AvgIpc) is 2.40. The van der Waals surface area contributed by atoms with E-state index in [0.29, 0.717) is 5.75 Å². The molecule has 2 aromatic rings. The van der Waals surface area contributed by atoms with Gasteiger partial charge in [0.25, 0.3) is 0 Å². The number of hydrogen-bond donors (Lipinski definition) is 1. The van der Waals surface area contributed by atoms with Crippen molar-refractivity contribution in [2.45, 2.75) is 33.1 Å². The van der Waals surface area contributed by atoms with Crippen LogP contribution in [0, 0.1) is 6.92 Å². The Labute approximate surface area is 120 Å². The Balaban J connectivity index is 2.39. The average molecular weight is 267 g/mol. The second kappa shape index (κ2) is 5.49. The molecule has 0 saturated heterocycles. The summed E-state index contributed by atoms with van der Waals surface area (Å²) in [7, 11) is 0. The molecule has 2 heteroatoms. The summed E-state index contributed by atoms with van der Waals surface area (Å²) in [5.41, 5.74) is 3.80. The number of nitrogens with zero attached hydrogens (tertiary/aromatic N) is 1. The van der Waals surface area contributed by atoms with E-state index in [1.54, 1.807) is 6.20 Å². The van der Waals surface area contributed by atoms with Gasteiger partial charge in [0.05, 0.1) is 5.69 Å². The molecule has 20 heavy (non-hydrogen) atoms. The molecule has 0 unspecified atom stereocenters. The second-order valence-corrected chi connectivity index (χ2v) is 6.07. The first-order chi connectivity index (χ1) is 9.38. The molecule has 0 bridgehead atoms. The van der Waals surface area contributed by atoms with Crippen LogP contribution in [0.2, 0.25) is 0 Å². The highest BCUT2D eigenvalue weighted by atomic mass is 16.3. The first kappa shape index (κ1) is 14.3. The van der Waals surface area contributed by atoms with Crippen molar-refractivity contribution < 1.29 is 5.11 Å². The second-order valence-electron chi connectivity index (χ2n) is 6.07. The van der Waals surface area contributed by atoms with Crippen molar-refractivity contribution >= 4 is 12.2 Å². The number of phenols is 1. The fourth-order valence-corrected chi connectivity index (χ4v) is 2.13. The number of pyridine rings is 1. The molecule has 2 nitrogen and oxygen atoms in total. The van der Waals surface area contributed by atoms with Crippen LogP contribution in [0.5, 0.6) is 5.75 Å². The minimum atomic E-state index is -0.0797. The molecule has 0 fully saturated rings. The summed E-state index contributed by atoms with van der Waals surface area (Å²) in [5.74, 6) is 0.396. The molecule has 0 saturated carbocycles. The zero-order valence-corrected chi connectivity index (χ0v) is 12.5. The van der Waals surface area contributed by atoms with Crippen molar-refractivity contribution in [3.8, 4) is 5.75 Å². The van der Waals surface area contributed by atoms with Gasteiger partial charge in [-0.3, -0.25) is 4.98 Å². The number of aryl methyl sites for hydroxylation is 1. The Kier molecular flexibility index (Phi) is 3.93. The summed E-state index contributed by atoms with van der Waals surface area (Å²) in [4.78, 5) is 4.27. The van der Waals surface area contributed by atoms with E-state index in [-0.39, 0.29) is 5.41 Å². The summed E-state index contributed by atoms with van der Waals surface area (Å²) in [6.45, 7) is 8.25. The maximum atomic E-state index is 10.2. The van der Waals surface area contributed by atoms with Gasteiger partial charge in [0, 0.05) is 11.8 Å². The van der Waals surface area contributed by atoms with Crippen molar-refractivity contribution in [2.24, 2.45) is 0 Å². The van der Waals surface area contributed by atoms with E-state index in [9.17, 15) is 5.11 Å². The van der Waals surface area contributed by atoms with Crippen LogP contribution in [0.1, 0.15) is 43.2 Å². The van der Waals surface area contributed by atoms with E-state index >= 15 is 0 Å². The number of rotatable bonds is 2. The number of benzene rings is 1. The number of aromatic hydroxyl groups is 1. The lowest BCUT2D eigenvalue weighted by Crippen LogP contribution is -2.12. The predicted octanol–water partition coefficient (Wildman–Crippen LogP) is 4.56. The van der Waals surface area contributed by atoms with Crippen LogP contribution in [0.3, 0.4) is 0 Å². The van der Waals surface area contributed by atoms with E-state index < -0.39 is 0 Å². The van der Waals surface area contributed by atoms with Gasteiger partial charge in [-0.15, -0.1) is 0 Å². The van der Waals surface area contributed by atoms with Gasteiger partial charge in [-0.1, -0.05) is 32.9 Å². The summed E-state index contributed by atoms with van der Waals surface area (Å²) in [5, 5.41) is 10.2. The largest absolute Gasteiger partial charge is 0.507 e. The van der Waals surface area contributed by atoms with Gasteiger partial charge >= 0.3 is 0 Å². The van der Waals surface area contributed by atoms with Gasteiger partial charge in [0.2, 0.25) is 0 Å². The lowest BCUT2D eigenvalue weighted by Gasteiger charge is -2.22. The third-order valence-corrected chi connectivity index (χ3v) is 3.27. The summed E-state index contributed by atoms with van der Waals surface area (Å²) in [6.07, 6.45) is 5.80. The number of hydrogen-bond acceptors (Lipinski definition) is 2. The van der Waals surface area contributed by atoms with E-state index in [0.717, 1.165) is 22.4 Å². The number of aromatic nitrogens is 1. The zero-order chi connectivity index (χ0) is 14.8. The topological polar surface area (TPSA) is 33.1 Å². The molecule has 1 heterocycles. The molecule has 0 aliphatic heterocycles. The van der Waals surface area contributed by atoms with Gasteiger partial charge in [0.15, 0.2) is 0 Å². The van der Waals surface area contributed by atoms with E-state index in [1.165, 1.54) is 0 Å². The van der Waals surface area contributed by atoms with Crippen molar-refractivity contribution in [3.63, 3.8) is 0 Å². The van der Waals surface area contributed by atoms with Crippen LogP contribution in [0.25, 0.3) is 12.2 Å². The molecular weight excluding hydrogens is 246 g/mol. The smallest absolute Gasteiger partial charge is 0.122 e. The fraction of sp³-hybridized carbons (Fsp3) is 0.278. The van der Waals surface area contributed by atoms with Crippen LogP contribution < -0.4 is 0 Å². The monoisotopic (exact) mass is 267 g/mol. The molecule has 1 aromatic heterocycles. The van der Waals surface area contributed by atoms with Crippen molar-refractivity contribution in [3.05, 3.63) is 58.9 Å². The summed E-state index contributed by atoms with van der Waals surface area (Å²) < 4.78 is 0. The van der Waals surface area contributed by atoms with Gasteiger partial charge < -0.3 is 5.11 Å². The first-order valence-corrected chi connectivity index (χ1v) is 6.81.